The third-order valence-electron chi connectivity index (χ3n) is 10.2. The number of nitrogens with one attached hydrogen (secondary N) is 2. The predicted molar refractivity (Wildman–Crippen MR) is 212 cm³/mol. The van der Waals surface area contributed by atoms with Gasteiger partial charge in [0.2, 0.25) is 0 Å². The van der Waals surface area contributed by atoms with Crippen molar-refractivity contribution < 1.29 is 4.42 Å². The summed E-state index contributed by atoms with van der Waals surface area (Å²) in [5.41, 5.74) is 12.0. The maximum absolute atomic E-state index is 9.06. The van der Waals surface area contributed by atoms with E-state index in [4.69, 9.17) is 9.83 Å². The quantitative estimate of drug-likeness (QED) is 0.175. The first-order valence-corrected chi connectivity index (χ1v) is 17.2. The number of aromatic nitrogens is 2. The van der Waals surface area contributed by atoms with Gasteiger partial charge >= 0.3 is 0 Å². The summed E-state index contributed by atoms with van der Waals surface area (Å²) >= 11 is 0. The van der Waals surface area contributed by atoms with Gasteiger partial charge in [-0.1, -0.05) is 91.0 Å². The molecule has 10 rings (SSSR count). The van der Waals surface area contributed by atoms with Crippen LogP contribution in [0.3, 0.4) is 0 Å². The number of benzene rings is 7. The van der Waals surface area contributed by atoms with Crippen LogP contribution in [-0.2, 0) is 0 Å². The van der Waals surface area contributed by atoms with E-state index in [2.05, 4.69) is 142 Å². The lowest BCUT2D eigenvalue weighted by atomic mass is 10.0. The van der Waals surface area contributed by atoms with Crippen molar-refractivity contribution in [1.82, 2.24) is 9.13 Å². The lowest BCUT2D eigenvalue weighted by Gasteiger charge is -2.10. The molecule has 0 saturated heterocycles. The Hall–Kier alpha value is -6.85. The summed E-state index contributed by atoms with van der Waals surface area (Å²) in [7, 11) is 1.87. The van der Waals surface area contributed by atoms with E-state index in [9.17, 15) is 0 Å². The maximum Gasteiger partial charge on any atom is 0.176 e. The molecule has 0 aliphatic carbocycles. The van der Waals surface area contributed by atoms with Gasteiger partial charge in [-0.2, -0.15) is 0 Å². The molecule has 0 atom stereocenters. The van der Waals surface area contributed by atoms with E-state index < -0.39 is 0 Å². The Kier molecular flexibility index (Phi) is 6.48. The SMILES string of the molecule is CNc1c(C(=N)c2ccc(-n3c4ccccc4c4cc(-c5ccc6c(c5)c5ccccc5n6-c5ccccc5)ccc43)cc2)oc2ccccc12. The molecule has 0 amide bonds. The molecule has 0 fully saturated rings. The van der Waals surface area contributed by atoms with E-state index in [1.54, 1.807) is 0 Å². The van der Waals surface area contributed by atoms with Crippen LogP contribution in [0.15, 0.2) is 168 Å². The second-order valence-corrected chi connectivity index (χ2v) is 13.0. The molecule has 5 heteroatoms. The minimum atomic E-state index is 0.345. The fourth-order valence-electron chi connectivity index (χ4n) is 7.82. The van der Waals surface area contributed by atoms with Crippen LogP contribution in [0, 0.1) is 5.41 Å². The number of rotatable bonds is 6. The third-order valence-corrected chi connectivity index (χ3v) is 10.2. The third kappa shape index (κ3) is 4.45. The fraction of sp³-hybridized carbons (Fsp3) is 0.0217. The molecule has 7 aromatic carbocycles. The Labute approximate surface area is 294 Å². The van der Waals surface area contributed by atoms with Crippen molar-refractivity contribution >= 4 is 66.0 Å². The lowest BCUT2D eigenvalue weighted by molar-refractivity contribution is 0.606. The van der Waals surface area contributed by atoms with Gasteiger partial charge in [0.05, 0.1) is 27.8 Å². The number of hydrogen-bond donors (Lipinski definition) is 2. The topological polar surface area (TPSA) is 58.9 Å². The molecule has 3 aromatic heterocycles. The molecule has 0 spiro atoms. The predicted octanol–water partition coefficient (Wildman–Crippen LogP) is 11.8. The van der Waals surface area contributed by atoms with Crippen LogP contribution in [0.5, 0.6) is 0 Å². The molecular formula is C46H32N4O. The van der Waals surface area contributed by atoms with Crippen LogP contribution in [0.1, 0.15) is 11.3 Å². The second-order valence-electron chi connectivity index (χ2n) is 13.0. The molecule has 3 heterocycles. The Bertz CT molecular complexity index is 2960. The summed E-state index contributed by atoms with van der Waals surface area (Å²) in [4.78, 5) is 0. The van der Waals surface area contributed by atoms with Gasteiger partial charge in [0.15, 0.2) is 5.76 Å². The van der Waals surface area contributed by atoms with E-state index in [-0.39, 0.29) is 0 Å². The molecule has 5 nitrogen and oxygen atoms in total. The maximum atomic E-state index is 9.06. The Morgan fingerprint density at radius 2 is 0.980 bits per heavy atom. The van der Waals surface area contributed by atoms with Gasteiger partial charge in [-0.15, -0.1) is 0 Å². The molecule has 51 heavy (non-hydrogen) atoms. The first kappa shape index (κ1) is 29.1. The number of furan rings is 1. The van der Waals surface area contributed by atoms with Crippen molar-refractivity contribution in [3.63, 3.8) is 0 Å². The van der Waals surface area contributed by atoms with E-state index in [0.29, 0.717) is 11.5 Å². The Morgan fingerprint density at radius 3 is 1.57 bits per heavy atom. The lowest BCUT2D eigenvalue weighted by Crippen LogP contribution is -2.04. The molecule has 0 bridgehead atoms. The number of para-hydroxylation sites is 4. The summed E-state index contributed by atoms with van der Waals surface area (Å²) in [6.45, 7) is 0. The Morgan fingerprint density at radius 1 is 0.490 bits per heavy atom. The first-order chi connectivity index (χ1) is 25.2. The van der Waals surface area contributed by atoms with E-state index in [1.165, 1.54) is 43.7 Å². The number of nitrogens with zero attached hydrogens (tertiary/aromatic N) is 2. The summed E-state index contributed by atoms with van der Waals surface area (Å²) < 4.78 is 10.8. The summed E-state index contributed by atoms with van der Waals surface area (Å²) in [6, 6.07) is 57.6. The second kappa shape index (κ2) is 11.4. The van der Waals surface area contributed by atoms with Crippen molar-refractivity contribution in [2.75, 3.05) is 12.4 Å². The fourth-order valence-corrected chi connectivity index (χ4v) is 7.82. The highest BCUT2D eigenvalue weighted by atomic mass is 16.3. The average Bonchev–Trinajstić information content (AvgIpc) is 3.85. The van der Waals surface area contributed by atoms with Crippen molar-refractivity contribution in [2.24, 2.45) is 0 Å². The highest BCUT2D eigenvalue weighted by Gasteiger charge is 2.20. The molecule has 0 radical (unpaired) electrons. The van der Waals surface area contributed by atoms with Gasteiger partial charge in [0.1, 0.15) is 11.3 Å². The normalized spacial score (nSPS) is 11.7. The van der Waals surface area contributed by atoms with E-state index in [1.807, 2.05) is 43.4 Å². The Balaban J connectivity index is 1.07. The standard InChI is InChI=1S/C46H32N4O/c1-48-45-36-15-7-10-18-43(36)51-46(45)44(47)29-19-23-33(24-20-29)50-40-17-9-6-14-35(40)38-28-31(22-26-42(38)50)30-21-25-41-37(27-30)34-13-5-8-16-39(34)49(41)32-11-3-2-4-12-32/h2-28,47-48H,1H3. The van der Waals surface area contributed by atoms with Crippen molar-refractivity contribution in [2.45, 2.75) is 0 Å². The largest absolute Gasteiger partial charge is 0.452 e. The van der Waals surface area contributed by atoms with Gasteiger partial charge in [-0.05, 0) is 83.9 Å². The molecule has 2 N–H and O–H groups in total. The van der Waals surface area contributed by atoms with Crippen LogP contribution in [0.2, 0.25) is 0 Å². The van der Waals surface area contributed by atoms with Crippen LogP contribution < -0.4 is 5.32 Å². The summed E-state index contributed by atoms with van der Waals surface area (Å²) in [6.07, 6.45) is 0. The minimum Gasteiger partial charge on any atom is -0.452 e. The summed E-state index contributed by atoms with van der Waals surface area (Å²) in [5.74, 6) is 0.540. The number of fused-ring (bicyclic) bond motifs is 7. The molecular weight excluding hydrogens is 625 g/mol. The summed E-state index contributed by atoms with van der Waals surface area (Å²) in [5, 5.41) is 18.2. The monoisotopic (exact) mass is 656 g/mol. The highest BCUT2D eigenvalue weighted by Crippen LogP contribution is 2.38. The smallest absolute Gasteiger partial charge is 0.176 e. The van der Waals surface area contributed by atoms with E-state index >= 15 is 0 Å². The zero-order valence-electron chi connectivity index (χ0n) is 27.9. The number of anilines is 1. The molecule has 10 aromatic rings. The highest BCUT2D eigenvalue weighted by molar-refractivity contribution is 6.17. The molecule has 0 saturated carbocycles. The minimum absolute atomic E-state index is 0.345. The molecule has 0 aliphatic heterocycles. The van der Waals surface area contributed by atoms with Crippen LogP contribution in [-0.4, -0.2) is 21.9 Å². The van der Waals surface area contributed by atoms with Gasteiger partial charge in [-0.3, -0.25) is 5.41 Å². The zero-order valence-corrected chi connectivity index (χ0v) is 27.9. The van der Waals surface area contributed by atoms with Gasteiger partial charge in [0, 0.05) is 50.9 Å². The van der Waals surface area contributed by atoms with Crippen LogP contribution in [0.25, 0.3) is 77.1 Å². The first-order valence-electron chi connectivity index (χ1n) is 17.2. The van der Waals surface area contributed by atoms with Gasteiger partial charge in [-0.25, -0.2) is 0 Å². The molecule has 0 aliphatic rings. The van der Waals surface area contributed by atoms with Crippen molar-refractivity contribution in [3.8, 4) is 22.5 Å². The molecule has 242 valence electrons. The van der Waals surface area contributed by atoms with E-state index in [0.717, 1.165) is 44.6 Å². The average molecular weight is 657 g/mol. The van der Waals surface area contributed by atoms with Gasteiger partial charge < -0.3 is 18.9 Å². The van der Waals surface area contributed by atoms with Crippen LogP contribution >= 0.6 is 0 Å². The zero-order chi connectivity index (χ0) is 34.1. The van der Waals surface area contributed by atoms with Gasteiger partial charge in [0.25, 0.3) is 0 Å². The molecule has 0 unspecified atom stereocenters. The van der Waals surface area contributed by atoms with Crippen molar-refractivity contribution in [1.29, 1.82) is 5.41 Å². The number of hydrogen-bond acceptors (Lipinski definition) is 3. The van der Waals surface area contributed by atoms with Crippen molar-refractivity contribution in [3.05, 3.63) is 175 Å². The van der Waals surface area contributed by atoms with Crippen LogP contribution in [0.4, 0.5) is 5.69 Å².